The molecule has 0 bridgehead atoms. The molecule has 0 aliphatic heterocycles. The van der Waals surface area contributed by atoms with Gasteiger partial charge in [-0.15, -0.1) is 23.5 Å². The van der Waals surface area contributed by atoms with E-state index in [1.807, 2.05) is 12.5 Å². The fraction of sp³-hybridized carbons (Fsp3) is 0.818. The SMILES string of the molecule is C.CSC(=N)CCCCCCC(=N)SC. The van der Waals surface area contributed by atoms with Crippen molar-refractivity contribution in [1.82, 2.24) is 0 Å². The van der Waals surface area contributed by atoms with Gasteiger partial charge in [0.1, 0.15) is 0 Å². The van der Waals surface area contributed by atoms with E-state index in [-0.39, 0.29) is 7.43 Å². The van der Waals surface area contributed by atoms with Crippen LogP contribution in [0.2, 0.25) is 0 Å². The lowest BCUT2D eigenvalue weighted by molar-refractivity contribution is 0.669. The van der Waals surface area contributed by atoms with Crippen LogP contribution in [0.4, 0.5) is 0 Å². The largest absolute Gasteiger partial charge is 0.298 e. The quantitative estimate of drug-likeness (QED) is 0.391. The third-order valence-electron chi connectivity index (χ3n) is 2.05. The van der Waals surface area contributed by atoms with E-state index in [1.54, 1.807) is 23.5 Å². The lowest BCUT2D eigenvalue weighted by Crippen LogP contribution is -1.91. The number of hydrogen-bond donors (Lipinski definition) is 2. The van der Waals surface area contributed by atoms with Crippen LogP contribution < -0.4 is 0 Å². The summed E-state index contributed by atoms with van der Waals surface area (Å²) < 4.78 is 0. The summed E-state index contributed by atoms with van der Waals surface area (Å²) in [4.78, 5) is 0. The van der Waals surface area contributed by atoms with Gasteiger partial charge >= 0.3 is 0 Å². The molecule has 0 aromatic rings. The molecule has 90 valence electrons. The summed E-state index contributed by atoms with van der Waals surface area (Å²) in [6.45, 7) is 0. The van der Waals surface area contributed by atoms with Crippen LogP contribution in [0.1, 0.15) is 46.0 Å². The highest BCUT2D eigenvalue weighted by atomic mass is 32.2. The Hall–Kier alpha value is 0.0400. The van der Waals surface area contributed by atoms with E-state index in [0.29, 0.717) is 0 Å². The Morgan fingerprint density at radius 3 is 1.40 bits per heavy atom. The van der Waals surface area contributed by atoms with Gasteiger partial charge in [-0.25, -0.2) is 0 Å². The van der Waals surface area contributed by atoms with Crippen molar-refractivity contribution in [3.63, 3.8) is 0 Å². The van der Waals surface area contributed by atoms with Crippen molar-refractivity contribution in [3.05, 3.63) is 0 Å². The molecule has 4 heteroatoms. The van der Waals surface area contributed by atoms with Gasteiger partial charge in [0, 0.05) is 0 Å². The fourth-order valence-electron chi connectivity index (χ4n) is 1.13. The number of rotatable bonds is 7. The Kier molecular flexibility index (Phi) is 14.1. The van der Waals surface area contributed by atoms with Gasteiger partial charge in [0.05, 0.1) is 10.1 Å². The first kappa shape index (κ1) is 17.4. The van der Waals surface area contributed by atoms with Crippen LogP contribution in [0.25, 0.3) is 0 Å². The Morgan fingerprint density at radius 1 is 0.800 bits per heavy atom. The molecule has 0 radical (unpaired) electrons. The van der Waals surface area contributed by atoms with E-state index in [9.17, 15) is 0 Å². The fourth-order valence-corrected chi connectivity index (χ4v) is 1.83. The second kappa shape index (κ2) is 12.1. The molecule has 0 amide bonds. The predicted molar refractivity (Wildman–Crippen MR) is 76.9 cm³/mol. The number of unbranched alkanes of at least 4 members (excludes halogenated alkanes) is 3. The molecular formula is C11H24N2S2. The molecule has 15 heavy (non-hydrogen) atoms. The second-order valence-electron chi connectivity index (χ2n) is 3.17. The Bertz CT molecular complexity index is 161. The third-order valence-corrected chi connectivity index (χ3v) is 3.44. The third kappa shape index (κ3) is 12.0. The van der Waals surface area contributed by atoms with Crippen molar-refractivity contribution in [2.45, 2.75) is 46.0 Å². The van der Waals surface area contributed by atoms with Gasteiger partial charge < -0.3 is 0 Å². The maximum atomic E-state index is 7.44. The molecule has 0 heterocycles. The molecule has 0 fully saturated rings. The van der Waals surface area contributed by atoms with E-state index in [1.165, 1.54) is 12.8 Å². The summed E-state index contributed by atoms with van der Waals surface area (Å²) in [6.07, 6.45) is 10.4. The minimum Gasteiger partial charge on any atom is -0.298 e. The van der Waals surface area contributed by atoms with Crippen LogP contribution in [-0.2, 0) is 0 Å². The maximum absolute atomic E-state index is 7.44. The predicted octanol–water partition coefficient (Wildman–Crippen LogP) is 4.64. The van der Waals surface area contributed by atoms with E-state index in [0.717, 1.165) is 35.8 Å². The Labute approximate surface area is 103 Å². The monoisotopic (exact) mass is 248 g/mol. The number of thioether (sulfide) groups is 2. The van der Waals surface area contributed by atoms with Crippen LogP contribution in [0, 0.1) is 10.8 Å². The van der Waals surface area contributed by atoms with Crippen molar-refractivity contribution in [1.29, 1.82) is 10.8 Å². The van der Waals surface area contributed by atoms with Crippen molar-refractivity contribution in [2.75, 3.05) is 12.5 Å². The summed E-state index contributed by atoms with van der Waals surface area (Å²) in [5.41, 5.74) is 0. The normalized spacial score (nSPS) is 9.47. The van der Waals surface area contributed by atoms with E-state index < -0.39 is 0 Å². The topological polar surface area (TPSA) is 47.7 Å². The Morgan fingerprint density at radius 2 is 1.13 bits per heavy atom. The van der Waals surface area contributed by atoms with Gasteiger partial charge in [-0.05, 0) is 38.2 Å². The minimum atomic E-state index is 0. The van der Waals surface area contributed by atoms with Crippen LogP contribution in [0.5, 0.6) is 0 Å². The van der Waals surface area contributed by atoms with Crippen LogP contribution in [-0.4, -0.2) is 22.6 Å². The molecule has 0 aromatic heterocycles. The van der Waals surface area contributed by atoms with Gasteiger partial charge in [-0.2, -0.15) is 0 Å². The first-order chi connectivity index (χ1) is 6.70. The zero-order valence-electron chi connectivity index (χ0n) is 9.06. The number of nitrogens with one attached hydrogen (secondary N) is 2. The highest BCUT2D eigenvalue weighted by Gasteiger charge is 1.96. The zero-order valence-corrected chi connectivity index (χ0v) is 10.7. The van der Waals surface area contributed by atoms with Gasteiger partial charge in [0.25, 0.3) is 0 Å². The summed E-state index contributed by atoms with van der Waals surface area (Å²) >= 11 is 3.09. The van der Waals surface area contributed by atoms with Crippen molar-refractivity contribution in [3.8, 4) is 0 Å². The highest BCUT2D eigenvalue weighted by Crippen LogP contribution is 2.11. The van der Waals surface area contributed by atoms with Crippen molar-refractivity contribution < 1.29 is 0 Å². The molecule has 0 rings (SSSR count). The van der Waals surface area contributed by atoms with Gasteiger partial charge in [-0.3, -0.25) is 10.8 Å². The van der Waals surface area contributed by atoms with Gasteiger partial charge in [0.15, 0.2) is 0 Å². The molecule has 2 N–H and O–H groups in total. The molecule has 0 atom stereocenters. The van der Waals surface area contributed by atoms with E-state index in [2.05, 4.69) is 0 Å². The minimum absolute atomic E-state index is 0. The van der Waals surface area contributed by atoms with Crippen molar-refractivity contribution >= 4 is 33.6 Å². The van der Waals surface area contributed by atoms with E-state index >= 15 is 0 Å². The van der Waals surface area contributed by atoms with E-state index in [4.69, 9.17) is 10.8 Å². The van der Waals surface area contributed by atoms with Crippen LogP contribution in [0.3, 0.4) is 0 Å². The Balaban J connectivity index is 0. The summed E-state index contributed by atoms with van der Waals surface area (Å²) in [7, 11) is 0. The molecular weight excluding hydrogens is 224 g/mol. The lowest BCUT2D eigenvalue weighted by Gasteiger charge is -2.01. The number of hydrogen-bond acceptors (Lipinski definition) is 4. The average Bonchev–Trinajstić information content (AvgIpc) is 2.22. The van der Waals surface area contributed by atoms with Gasteiger partial charge in [-0.1, -0.05) is 20.3 Å². The molecule has 0 aliphatic carbocycles. The zero-order chi connectivity index (χ0) is 10.8. The maximum Gasteiger partial charge on any atom is 0.0638 e. The second-order valence-corrected chi connectivity index (χ2v) is 4.97. The molecule has 0 saturated heterocycles. The molecule has 0 aromatic carbocycles. The van der Waals surface area contributed by atoms with Crippen LogP contribution in [0.15, 0.2) is 0 Å². The van der Waals surface area contributed by atoms with Crippen LogP contribution >= 0.6 is 23.5 Å². The molecule has 0 saturated carbocycles. The highest BCUT2D eigenvalue weighted by molar-refractivity contribution is 8.13. The molecule has 0 unspecified atom stereocenters. The van der Waals surface area contributed by atoms with Crippen molar-refractivity contribution in [2.24, 2.45) is 0 Å². The summed E-state index contributed by atoms with van der Waals surface area (Å²) in [6, 6.07) is 0. The first-order valence-electron chi connectivity index (χ1n) is 4.93. The molecule has 0 spiro atoms. The molecule has 2 nitrogen and oxygen atoms in total. The molecule has 0 aliphatic rings. The standard InChI is InChI=1S/C10H20N2S2.CH4/c1-13-9(11)7-5-3-4-6-8-10(12)14-2;/h11-12H,3-8H2,1-2H3;1H4. The average molecular weight is 248 g/mol. The summed E-state index contributed by atoms with van der Waals surface area (Å²) in [5, 5.41) is 16.5. The first-order valence-corrected chi connectivity index (χ1v) is 7.38. The van der Waals surface area contributed by atoms with Gasteiger partial charge in [0.2, 0.25) is 0 Å². The summed E-state index contributed by atoms with van der Waals surface area (Å²) in [5.74, 6) is 0. The smallest absolute Gasteiger partial charge is 0.0638 e. The lowest BCUT2D eigenvalue weighted by atomic mass is 10.1.